The standard InChI is InChI=1S/C16H26N2OS/c1-11(2)17-10-14-16(12-6-7-12)18-15(20-14)9-13-5-3-4-8-19-13/h11-13,17H,3-10H2,1-2H3. The third kappa shape index (κ3) is 3.80. The van der Waals surface area contributed by atoms with Gasteiger partial charge in [-0.15, -0.1) is 11.3 Å². The average molecular weight is 294 g/mol. The maximum atomic E-state index is 5.86. The second kappa shape index (κ2) is 6.54. The average Bonchev–Trinajstić information content (AvgIpc) is 3.20. The van der Waals surface area contributed by atoms with Gasteiger partial charge in [-0.2, -0.15) is 0 Å². The number of hydrogen-bond acceptors (Lipinski definition) is 4. The van der Waals surface area contributed by atoms with Crippen molar-refractivity contribution in [3.8, 4) is 0 Å². The van der Waals surface area contributed by atoms with Gasteiger partial charge in [0.25, 0.3) is 0 Å². The Morgan fingerprint density at radius 1 is 1.30 bits per heavy atom. The fourth-order valence-corrected chi connectivity index (χ4v) is 3.93. The molecule has 2 heterocycles. The molecular weight excluding hydrogens is 268 g/mol. The lowest BCUT2D eigenvalue weighted by atomic mass is 10.1. The molecule has 1 aliphatic heterocycles. The van der Waals surface area contributed by atoms with E-state index in [0.717, 1.165) is 25.5 Å². The second-order valence-corrected chi connectivity index (χ2v) is 7.59. The van der Waals surface area contributed by atoms with Gasteiger partial charge in [-0.1, -0.05) is 13.8 Å². The summed E-state index contributed by atoms with van der Waals surface area (Å²) in [6, 6.07) is 0.536. The molecule has 0 radical (unpaired) electrons. The molecule has 0 amide bonds. The fraction of sp³-hybridized carbons (Fsp3) is 0.812. The van der Waals surface area contributed by atoms with Crippen molar-refractivity contribution in [2.75, 3.05) is 6.61 Å². The van der Waals surface area contributed by atoms with Gasteiger partial charge in [0.1, 0.15) is 0 Å². The van der Waals surface area contributed by atoms with Gasteiger partial charge in [0.15, 0.2) is 0 Å². The van der Waals surface area contributed by atoms with Crippen molar-refractivity contribution in [3.05, 3.63) is 15.6 Å². The first-order chi connectivity index (χ1) is 9.72. The molecule has 4 heteroatoms. The molecule has 1 aromatic heterocycles. The van der Waals surface area contributed by atoms with Gasteiger partial charge in [0, 0.05) is 36.4 Å². The number of rotatable bonds is 6. The molecule has 112 valence electrons. The Labute approximate surface area is 126 Å². The van der Waals surface area contributed by atoms with Gasteiger partial charge >= 0.3 is 0 Å². The summed E-state index contributed by atoms with van der Waals surface area (Å²) in [5, 5.41) is 4.83. The molecule has 2 aliphatic rings. The lowest BCUT2D eigenvalue weighted by Gasteiger charge is -2.21. The third-order valence-electron chi connectivity index (χ3n) is 4.08. The van der Waals surface area contributed by atoms with Gasteiger partial charge in [0.05, 0.1) is 16.8 Å². The summed E-state index contributed by atoms with van der Waals surface area (Å²) < 4.78 is 5.86. The minimum absolute atomic E-state index is 0.410. The zero-order valence-electron chi connectivity index (χ0n) is 12.7. The van der Waals surface area contributed by atoms with Crippen LogP contribution in [-0.4, -0.2) is 23.7 Å². The van der Waals surface area contributed by atoms with Crippen LogP contribution in [0.25, 0.3) is 0 Å². The Hall–Kier alpha value is -0.450. The normalized spacial score (nSPS) is 23.4. The Bertz CT molecular complexity index is 434. The number of nitrogens with one attached hydrogen (secondary N) is 1. The first-order valence-electron chi connectivity index (χ1n) is 8.06. The van der Waals surface area contributed by atoms with Gasteiger partial charge in [0.2, 0.25) is 0 Å². The quantitative estimate of drug-likeness (QED) is 0.870. The van der Waals surface area contributed by atoms with E-state index in [2.05, 4.69) is 19.2 Å². The molecule has 1 saturated carbocycles. The lowest BCUT2D eigenvalue weighted by Crippen LogP contribution is -2.21. The summed E-state index contributed by atoms with van der Waals surface area (Å²) in [6.07, 6.45) is 7.84. The van der Waals surface area contributed by atoms with Gasteiger partial charge in [-0.3, -0.25) is 0 Å². The Morgan fingerprint density at radius 3 is 2.80 bits per heavy atom. The van der Waals surface area contributed by atoms with Gasteiger partial charge in [-0.25, -0.2) is 4.98 Å². The minimum atomic E-state index is 0.410. The fourth-order valence-electron chi connectivity index (χ4n) is 2.76. The molecule has 20 heavy (non-hydrogen) atoms. The molecule has 1 aliphatic carbocycles. The predicted molar refractivity (Wildman–Crippen MR) is 83.4 cm³/mol. The lowest BCUT2D eigenvalue weighted by molar-refractivity contribution is 0.0167. The van der Waals surface area contributed by atoms with E-state index in [1.807, 2.05) is 11.3 Å². The van der Waals surface area contributed by atoms with Crippen LogP contribution in [-0.2, 0) is 17.7 Å². The van der Waals surface area contributed by atoms with Gasteiger partial charge < -0.3 is 10.1 Å². The molecule has 0 aromatic carbocycles. The SMILES string of the molecule is CC(C)NCc1sc(CC2CCCCO2)nc1C1CC1. The number of thiazole rings is 1. The van der Waals surface area contributed by atoms with E-state index in [4.69, 9.17) is 9.72 Å². The van der Waals surface area contributed by atoms with E-state index in [1.54, 1.807) is 0 Å². The van der Waals surface area contributed by atoms with Crippen molar-refractivity contribution in [1.82, 2.24) is 10.3 Å². The third-order valence-corrected chi connectivity index (χ3v) is 5.18. The zero-order valence-corrected chi connectivity index (χ0v) is 13.5. The largest absolute Gasteiger partial charge is 0.378 e. The van der Waals surface area contributed by atoms with Crippen molar-refractivity contribution in [2.45, 2.75) is 77.0 Å². The molecule has 1 N–H and O–H groups in total. The van der Waals surface area contributed by atoms with Crippen LogP contribution in [0.3, 0.4) is 0 Å². The van der Waals surface area contributed by atoms with E-state index in [-0.39, 0.29) is 0 Å². The number of nitrogens with zero attached hydrogens (tertiary/aromatic N) is 1. The summed E-state index contributed by atoms with van der Waals surface area (Å²) in [4.78, 5) is 6.41. The van der Waals surface area contributed by atoms with Crippen molar-refractivity contribution in [2.24, 2.45) is 0 Å². The van der Waals surface area contributed by atoms with E-state index in [1.165, 1.54) is 47.7 Å². The minimum Gasteiger partial charge on any atom is -0.378 e. The molecule has 3 nitrogen and oxygen atoms in total. The highest BCUT2D eigenvalue weighted by Crippen LogP contribution is 2.43. The number of hydrogen-bond donors (Lipinski definition) is 1. The highest BCUT2D eigenvalue weighted by Gasteiger charge is 2.30. The van der Waals surface area contributed by atoms with Crippen LogP contribution in [0.2, 0.25) is 0 Å². The summed E-state index contributed by atoms with van der Waals surface area (Å²) in [6.45, 7) is 6.32. The molecule has 1 saturated heterocycles. The Kier molecular flexibility index (Phi) is 4.74. The number of ether oxygens (including phenoxy) is 1. The second-order valence-electron chi connectivity index (χ2n) is 6.42. The van der Waals surface area contributed by atoms with E-state index in [0.29, 0.717) is 12.1 Å². The monoisotopic (exact) mass is 294 g/mol. The van der Waals surface area contributed by atoms with Crippen LogP contribution in [0.1, 0.15) is 67.4 Å². The van der Waals surface area contributed by atoms with Crippen LogP contribution in [0.5, 0.6) is 0 Å². The molecule has 1 unspecified atom stereocenters. The van der Waals surface area contributed by atoms with Crippen LogP contribution in [0, 0.1) is 0 Å². The smallest absolute Gasteiger partial charge is 0.0957 e. The molecule has 0 spiro atoms. The van der Waals surface area contributed by atoms with Crippen LogP contribution in [0.15, 0.2) is 0 Å². The first kappa shape index (κ1) is 14.5. The summed E-state index contributed by atoms with van der Waals surface area (Å²) >= 11 is 1.91. The summed E-state index contributed by atoms with van der Waals surface area (Å²) in [5.41, 5.74) is 1.38. The zero-order chi connectivity index (χ0) is 13.9. The topological polar surface area (TPSA) is 34.1 Å². The maximum absolute atomic E-state index is 5.86. The van der Waals surface area contributed by atoms with Crippen LogP contribution >= 0.6 is 11.3 Å². The van der Waals surface area contributed by atoms with E-state index >= 15 is 0 Å². The molecular formula is C16H26N2OS. The predicted octanol–water partition coefficient (Wildman–Crippen LogP) is 3.63. The van der Waals surface area contributed by atoms with Gasteiger partial charge in [-0.05, 0) is 32.1 Å². The molecule has 1 atom stereocenters. The molecule has 1 aromatic rings. The Balaban J connectivity index is 1.66. The maximum Gasteiger partial charge on any atom is 0.0957 e. The molecule has 2 fully saturated rings. The summed E-state index contributed by atoms with van der Waals surface area (Å²) in [7, 11) is 0. The van der Waals surface area contributed by atoms with Crippen molar-refractivity contribution < 1.29 is 4.74 Å². The highest BCUT2D eigenvalue weighted by atomic mass is 32.1. The number of aromatic nitrogens is 1. The van der Waals surface area contributed by atoms with Crippen molar-refractivity contribution in [1.29, 1.82) is 0 Å². The first-order valence-corrected chi connectivity index (χ1v) is 8.87. The van der Waals surface area contributed by atoms with E-state index in [9.17, 15) is 0 Å². The van der Waals surface area contributed by atoms with Crippen molar-refractivity contribution >= 4 is 11.3 Å². The Morgan fingerprint density at radius 2 is 2.15 bits per heavy atom. The van der Waals surface area contributed by atoms with Crippen LogP contribution in [0.4, 0.5) is 0 Å². The molecule has 0 bridgehead atoms. The summed E-state index contributed by atoms with van der Waals surface area (Å²) in [5.74, 6) is 0.747. The van der Waals surface area contributed by atoms with Crippen molar-refractivity contribution in [3.63, 3.8) is 0 Å². The molecule has 3 rings (SSSR count). The van der Waals surface area contributed by atoms with Crippen LogP contribution < -0.4 is 5.32 Å². The van der Waals surface area contributed by atoms with E-state index < -0.39 is 0 Å². The highest BCUT2D eigenvalue weighted by molar-refractivity contribution is 7.11.